The van der Waals surface area contributed by atoms with E-state index in [-0.39, 0.29) is 10.6 Å². The van der Waals surface area contributed by atoms with Crippen LogP contribution in [0.5, 0.6) is 0 Å². The molecule has 1 N–H and O–H groups in total. The molecule has 0 amide bonds. The molecule has 0 saturated carbocycles. The van der Waals surface area contributed by atoms with Crippen LogP contribution in [0.3, 0.4) is 0 Å². The monoisotopic (exact) mass is 341 g/mol. The van der Waals surface area contributed by atoms with Crippen LogP contribution in [0, 0.1) is 16.0 Å². The highest BCUT2D eigenvalue weighted by Crippen LogP contribution is 2.26. The maximum Gasteiger partial charge on any atom is 0.275 e. The largest absolute Gasteiger partial charge is 0.319 e. The molecule has 2 rings (SSSR count). The minimum atomic E-state index is -0.298. The third-order valence-corrected chi connectivity index (χ3v) is 4.33. The van der Waals surface area contributed by atoms with Crippen LogP contribution in [0.25, 0.3) is 0 Å². The van der Waals surface area contributed by atoms with E-state index >= 15 is 0 Å². The molecule has 5 nitrogen and oxygen atoms in total. The Morgan fingerprint density at radius 1 is 1.45 bits per heavy atom. The van der Waals surface area contributed by atoms with Gasteiger partial charge >= 0.3 is 0 Å². The van der Waals surface area contributed by atoms with E-state index in [0.29, 0.717) is 6.54 Å². The minimum Gasteiger partial charge on any atom is -0.319 e. The zero-order chi connectivity index (χ0) is 14.5. The van der Waals surface area contributed by atoms with E-state index in [2.05, 4.69) is 26.1 Å². The first-order valence-electron chi connectivity index (χ1n) is 6.90. The first-order valence-corrected chi connectivity index (χ1v) is 7.69. The van der Waals surface area contributed by atoms with Gasteiger partial charge in [-0.3, -0.25) is 15.0 Å². The van der Waals surface area contributed by atoms with Gasteiger partial charge in [0.1, 0.15) is 0 Å². The predicted molar refractivity (Wildman–Crippen MR) is 82.7 cm³/mol. The zero-order valence-corrected chi connectivity index (χ0v) is 13.2. The fourth-order valence-corrected chi connectivity index (χ4v) is 3.07. The SMILES string of the molecule is CNCC1CCN(Cc2ccc(Br)cc2[N+](=O)[O-])CC1. The van der Waals surface area contributed by atoms with Crippen molar-refractivity contribution in [3.63, 3.8) is 0 Å². The van der Waals surface area contributed by atoms with Crippen molar-refractivity contribution in [1.82, 2.24) is 10.2 Å². The molecule has 1 fully saturated rings. The summed E-state index contributed by atoms with van der Waals surface area (Å²) in [7, 11) is 1.98. The minimum absolute atomic E-state index is 0.205. The van der Waals surface area contributed by atoms with Gasteiger partial charge in [-0.05, 0) is 57.6 Å². The van der Waals surface area contributed by atoms with Gasteiger partial charge in [-0.2, -0.15) is 0 Å². The molecule has 0 atom stereocenters. The standard InChI is InChI=1S/C14H20BrN3O2/c1-16-9-11-4-6-17(7-5-11)10-12-2-3-13(15)8-14(12)18(19)20/h2-3,8,11,16H,4-7,9-10H2,1H3. The first-order chi connectivity index (χ1) is 9.60. The number of piperidine rings is 1. The van der Waals surface area contributed by atoms with Crippen molar-refractivity contribution in [2.24, 2.45) is 5.92 Å². The summed E-state index contributed by atoms with van der Waals surface area (Å²) in [6.45, 7) is 3.75. The number of likely N-dealkylation sites (tertiary alicyclic amines) is 1. The van der Waals surface area contributed by atoms with E-state index < -0.39 is 0 Å². The molecule has 1 aliphatic rings. The summed E-state index contributed by atoms with van der Waals surface area (Å²) in [5, 5.41) is 14.3. The van der Waals surface area contributed by atoms with Crippen LogP contribution < -0.4 is 5.32 Å². The molecule has 0 aliphatic carbocycles. The second-order valence-electron chi connectivity index (χ2n) is 5.31. The second kappa shape index (κ2) is 7.15. The van der Waals surface area contributed by atoms with Gasteiger partial charge in [0, 0.05) is 22.6 Å². The highest BCUT2D eigenvalue weighted by molar-refractivity contribution is 9.10. The molecular weight excluding hydrogens is 322 g/mol. The molecule has 1 aromatic carbocycles. The third-order valence-electron chi connectivity index (χ3n) is 3.84. The van der Waals surface area contributed by atoms with Crippen LogP contribution in [-0.4, -0.2) is 36.5 Å². The van der Waals surface area contributed by atoms with Gasteiger partial charge in [0.25, 0.3) is 5.69 Å². The summed E-state index contributed by atoms with van der Waals surface area (Å²) < 4.78 is 0.751. The fraction of sp³-hybridized carbons (Fsp3) is 0.571. The average Bonchev–Trinajstić information content (AvgIpc) is 2.43. The quantitative estimate of drug-likeness (QED) is 0.660. The van der Waals surface area contributed by atoms with Gasteiger partial charge in [-0.1, -0.05) is 15.9 Å². The summed E-state index contributed by atoms with van der Waals surface area (Å²) in [6, 6.07) is 5.31. The molecule has 0 unspecified atom stereocenters. The molecule has 0 bridgehead atoms. The summed E-state index contributed by atoms with van der Waals surface area (Å²) in [5.74, 6) is 0.733. The van der Waals surface area contributed by atoms with Crippen molar-refractivity contribution in [3.05, 3.63) is 38.3 Å². The van der Waals surface area contributed by atoms with Gasteiger partial charge in [0.15, 0.2) is 0 Å². The zero-order valence-electron chi connectivity index (χ0n) is 11.6. The average molecular weight is 342 g/mol. The molecule has 0 spiro atoms. The lowest BCUT2D eigenvalue weighted by Gasteiger charge is -2.31. The summed E-state index contributed by atoms with van der Waals surface area (Å²) in [6.07, 6.45) is 2.32. The maximum atomic E-state index is 11.1. The molecule has 0 aromatic heterocycles. The number of nitro groups is 1. The Kier molecular flexibility index (Phi) is 5.51. The Labute approximate surface area is 127 Å². The van der Waals surface area contributed by atoms with E-state index in [0.717, 1.165) is 48.4 Å². The van der Waals surface area contributed by atoms with Gasteiger partial charge < -0.3 is 5.32 Å². The number of hydrogen-bond donors (Lipinski definition) is 1. The molecule has 110 valence electrons. The summed E-state index contributed by atoms with van der Waals surface area (Å²) in [4.78, 5) is 13.1. The smallest absolute Gasteiger partial charge is 0.275 e. The molecule has 1 aliphatic heterocycles. The number of hydrogen-bond acceptors (Lipinski definition) is 4. The van der Waals surface area contributed by atoms with Crippen molar-refractivity contribution in [3.8, 4) is 0 Å². The summed E-state index contributed by atoms with van der Waals surface area (Å²) in [5.41, 5.74) is 1.00. The Bertz CT molecular complexity index is 473. The van der Waals surface area contributed by atoms with Crippen molar-refractivity contribution in [2.75, 3.05) is 26.7 Å². The molecule has 1 heterocycles. The van der Waals surface area contributed by atoms with Gasteiger partial charge in [0.2, 0.25) is 0 Å². The third kappa shape index (κ3) is 4.01. The second-order valence-corrected chi connectivity index (χ2v) is 6.22. The Morgan fingerprint density at radius 3 is 2.75 bits per heavy atom. The predicted octanol–water partition coefficient (Wildman–Crippen LogP) is 2.79. The molecule has 20 heavy (non-hydrogen) atoms. The number of nitrogens with one attached hydrogen (secondary N) is 1. The van der Waals surface area contributed by atoms with E-state index in [4.69, 9.17) is 0 Å². The molecule has 1 aromatic rings. The van der Waals surface area contributed by atoms with Gasteiger partial charge in [-0.25, -0.2) is 0 Å². The van der Waals surface area contributed by atoms with Gasteiger partial charge in [-0.15, -0.1) is 0 Å². The highest BCUT2D eigenvalue weighted by Gasteiger charge is 2.21. The Balaban J connectivity index is 1.99. The van der Waals surface area contributed by atoms with Crippen LogP contribution in [0.1, 0.15) is 18.4 Å². The van der Waals surface area contributed by atoms with Crippen LogP contribution in [-0.2, 0) is 6.54 Å². The van der Waals surface area contributed by atoms with Gasteiger partial charge in [0.05, 0.1) is 4.92 Å². The topological polar surface area (TPSA) is 58.4 Å². The van der Waals surface area contributed by atoms with Crippen molar-refractivity contribution < 1.29 is 4.92 Å². The fourth-order valence-electron chi connectivity index (χ4n) is 2.72. The normalized spacial score (nSPS) is 17.3. The van der Waals surface area contributed by atoms with Crippen LogP contribution >= 0.6 is 15.9 Å². The number of benzene rings is 1. The Hall–Kier alpha value is -0.980. The highest BCUT2D eigenvalue weighted by atomic mass is 79.9. The first kappa shape index (κ1) is 15.4. The lowest BCUT2D eigenvalue weighted by Crippen LogP contribution is -2.36. The number of nitro benzene ring substituents is 1. The van der Waals surface area contributed by atoms with Crippen molar-refractivity contribution in [1.29, 1.82) is 0 Å². The number of halogens is 1. The maximum absolute atomic E-state index is 11.1. The molecule has 1 saturated heterocycles. The molecule has 6 heteroatoms. The van der Waals surface area contributed by atoms with Crippen molar-refractivity contribution in [2.45, 2.75) is 19.4 Å². The molecular formula is C14H20BrN3O2. The van der Waals surface area contributed by atoms with E-state index in [1.54, 1.807) is 6.07 Å². The summed E-state index contributed by atoms with van der Waals surface area (Å²) >= 11 is 3.29. The van der Waals surface area contributed by atoms with Crippen LogP contribution in [0.2, 0.25) is 0 Å². The van der Waals surface area contributed by atoms with E-state index in [1.165, 1.54) is 0 Å². The van der Waals surface area contributed by atoms with Crippen molar-refractivity contribution >= 4 is 21.6 Å². The molecule has 0 radical (unpaired) electrons. The van der Waals surface area contributed by atoms with Crippen LogP contribution in [0.15, 0.2) is 22.7 Å². The number of rotatable bonds is 5. The lowest BCUT2D eigenvalue weighted by atomic mass is 9.96. The number of nitrogens with zero attached hydrogens (tertiary/aromatic N) is 2. The van der Waals surface area contributed by atoms with E-state index in [9.17, 15) is 10.1 Å². The van der Waals surface area contributed by atoms with E-state index in [1.807, 2.05) is 19.2 Å². The lowest BCUT2D eigenvalue weighted by molar-refractivity contribution is -0.385. The Morgan fingerprint density at radius 2 is 2.15 bits per heavy atom. The van der Waals surface area contributed by atoms with Crippen LogP contribution in [0.4, 0.5) is 5.69 Å².